The molecule has 0 aliphatic carbocycles. The second-order valence-corrected chi connectivity index (χ2v) is 13.0. The summed E-state index contributed by atoms with van der Waals surface area (Å²) in [6.07, 6.45) is -22.3. The molecule has 0 aromatic heterocycles. The first-order valence-electron chi connectivity index (χ1n) is 11.2. The summed E-state index contributed by atoms with van der Waals surface area (Å²) in [4.78, 5) is 0. The molecule has 0 saturated carbocycles. The number of halogens is 12. The molecule has 2 bridgehead atoms. The van der Waals surface area contributed by atoms with Crippen molar-refractivity contribution in [3.05, 3.63) is 69.8 Å². The van der Waals surface area contributed by atoms with Crippen molar-refractivity contribution >= 4 is 8.56 Å². The van der Waals surface area contributed by atoms with Crippen molar-refractivity contribution in [3.63, 3.8) is 0 Å². The average Bonchev–Trinajstić information content (AvgIpc) is 3.17. The van der Waals surface area contributed by atoms with E-state index in [0.29, 0.717) is 0 Å². The summed E-state index contributed by atoms with van der Waals surface area (Å²) in [6, 6.07) is -0.690. The van der Waals surface area contributed by atoms with Crippen LogP contribution in [0.1, 0.15) is 39.8 Å². The van der Waals surface area contributed by atoms with E-state index in [1.54, 1.807) is 0 Å². The summed E-state index contributed by atoms with van der Waals surface area (Å²) < 4.78 is 177. The van der Waals surface area contributed by atoms with E-state index in [0.717, 1.165) is 0 Å². The van der Waals surface area contributed by atoms with Gasteiger partial charge >= 0.3 is 33.3 Å². The molecule has 1 N–H and O–H groups in total. The van der Waals surface area contributed by atoms with Gasteiger partial charge in [0.2, 0.25) is 0 Å². The summed E-state index contributed by atoms with van der Waals surface area (Å²) in [5, 5.41) is 2.76. The number of fused-ring (bicyclic) bond motifs is 2. The van der Waals surface area contributed by atoms with Gasteiger partial charge in [-0.05, 0) is 67.0 Å². The van der Waals surface area contributed by atoms with Crippen LogP contribution in [0.4, 0.5) is 52.7 Å². The number of hydrogen-bond donors (Lipinski definition) is 1. The summed E-state index contributed by atoms with van der Waals surface area (Å²) in [5.41, 5.74) is -11.7. The second kappa shape index (κ2) is 9.11. The van der Waals surface area contributed by atoms with Gasteiger partial charge in [-0.3, -0.25) is 0 Å². The summed E-state index contributed by atoms with van der Waals surface area (Å²) in [7, 11) is -3.61. The van der Waals surface area contributed by atoms with Gasteiger partial charge in [0, 0.05) is 12.6 Å². The molecule has 2 aromatic carbocycles. The van der Waals surface area contributed by atoms with Crippen LogP contribution in [0.15, 0.2) is 36.4 Å². The standard InChI is InChI=1S/C23H19F12NO2Si/c1-39(2)37-17-9-18(36-10-17)19(38-39,11-3-13(20(24,25)26)7-14(4-11)21(27,28)29)12-5-15(22(30,31)32)8-16(6-12)23(33,34)35/h3-8,17-18,36H,9-10H2,1-2H3/t17-,18-/m0/s1. The van der Waals surface area contributed by atoms with Crippen molar-refractivity contribution in [2.75, 3.05) is 6.54 Å². The van der Waals surface area contributed by atoms with Crippen LogP contribution in [-0.2, 0) is 39.2 Å². The highest BCUT2D eigenvalue weighted by molar-refractivity contribution is 6.64. The molecule has 0 amide bonds. The van der Waals surface area contributed by atoms with Crippen molar-refractivity contribution in [2.45, 2.75) is 62.0 Å². The fourth-order valence-corrected chi connectivity index (χ4v) is 7.20. The van der Waals surface area contributed by atoms with Gasteiger partial charge in [-0.1, -0.05) is 0 Å². The highest BCUT2D eigenvalue weighted by Gasteiger charge is 2.56. The molecule has 0 unspecified atom stereocenters. The molecule has 2 aliphatic heterocycles. The van der Waals surface area contributed by atoms with Crippen LogP contribution in [0.2, 0.25) is 13.1 Å². The molecule has 2 aromatic rings. The Hall–Kier alpha value is -2.30. The maximum atomic E-state index is 13.8. The van der Waals surface area contributed by atoms with Crippen LogP contribution in [-0.4, -0.2) is 27.3 Å². The summed E-state index contributed by atoms with van der Waals surface area (Å²) >= 11 is 0. The van der Waals surface area contributed by atoms with E-state index in [-0.39, 0.29) is 49.4 Å². The Balaban J connectivity index is 2.16. The van der Waals surface area contributed by atoms with Crippen LogP contribution < -0.4 is 5.32 Å². The highest BCUT2D eigenvalue weighted by atomic mass is 28.4. The van der Waals surface area contributed by atoms with E-state index in [1.165, 1.54) is 13.1 Å². The van der Waals surface area contributed by atoms with Crippen molar-refractivity contribution in [2.24, 2.45) is 0 Å². The first-order valence-corrected chi connectivity index (χ1v) is 14.1. The maximum Gasteiger partial charge on any atom is 0.416 e. The average molecular weight is 597 g/mol. The molecule has 16 heteroatoms. The monoisotopic (exact) mass is 597 g/mol. The molecular weight excluding hydrogens is 578 g/mol. The first-order chi connectivity index (χ1) is 17.5. The lowest BCUT2D eigenvalue weighted by Crippen LogP contribution is -2.55. The Kier molecular flexibility index (Phi) is 6.93. The minimum atomic E-state index is -5.35. The zero-order valence-electron chi connectivity index (χ0n) is 19.9. The minimum absolute atomic E-state index is 0.0115. The molecule has 2 aliphatic rings. The van der Waals surface area contributed by atoms with Gasteiger partial charge in [-0.25, -0.2) is 0 Å². The van der Waals surface area contributed by atoms with Gasteiger partial charge < -0.3 is 14.2 Å². The van der Waals surface area contributed by atoms with E-state index in [2.05, 4.69) is 5.32 Å². The predicted molar refractivity (Wildman–Crippen MR) is 114 cm³/mol. The van der Waals surface area contributed by atoms with Gasteiger partial charge in [-0.2, -0.15) is 52.7 Å². The Morgan fingerprint density at radius 2 is 1.03 bits per heavy atom. The van der Waals surface area contributed by atoms with E-state index in [9.17, 15) is 52.7 Å². The third kappa shape index (κ3) is 5.79. The van der Waals surface area contributed by atoms with Crippen LogP contribution >= 0.6 is 0 Å². The maximum absolute atomic E-state index is 13.8. The SMILES string of the molecule is C[Si]1(C)O[C@@H]2CN[C@@H](C2)C(c2cc(C(F)(F)F)cc(C(F)(F)F)c2)(c2cc(C(F)(F)F)cc(C(F)(F)F)c2)O1. The molecule has 3 nitrogen and oxygen atoms in total. The quantitative estimate of drug-likeness (QED) is 0.288. The summed E-state index contributed by atoms with van der Waals surface area (Å²) in [6.45, 7) is 2.68. The zero-order valence-corrected chi connectivity index (χ0v) is 20.9. The van der Waals surface area contributed by atoms with Crippen LogP contribution in [0, 0.1) is 0 Å². The first kappa shape index (κ1) is 29.7. The van der Waals surface area contributed by atoms with Crippen LogP contribution in [0.25, 0.3) is 0 Å². The Labute approximate surface area is 214 Å². The predicted octanol–water partition coefficient (Wildman–Crippen LogP) is 7.48. The molecule has 216 valence electrons. The lowest BCUT2D eigenvalue weighted by Gasteiger charge is -2.44. The Morgan fingerprint density at radius 1 is 0.667 bits per heavy atom. The number of hydrogen-bond acceptors (Lipinski definition) is 3. The third-order valence-corrected chi connectivity index (χ3v) is 8.19. The molecule has 2 saturated heterocycles. The normalized spacial score (nSPS) is 23.5. The lowest BCUT2D eigenvalue weighted by molar-refractivity contribution is -0.144. The molecule has 4 rings (SSSR count). The smallest absolute Gasteiger partial charge is 0.390 e. The van der Waals surface area contributed by atoms with Crippen molar-refractivity contribution in [1.29, 1.82) is 0 Å². The topological polar surface area (TPSA) is 30.5 Å². The minimum Gasteiger partial charge on any atom is -0.390 e. The van der Waals surface area contributed by atoms with Crippen molar-refractivity contribution in [1.82, 2.24) is 5.32 Å². The summed E-state index contributed by atoms with van der Waals surface area (Å²) in [5.74, 6) is 0. The highest BCUT2D eigenvalue weighted by Crippen LogP contribution is 2.50. The van der Waals surface area contributed by atoms with E-state index in [1.807, 2.05) is 0 Å². The third-order valence-electron chi connectivity index (χ3n) is 6.47. The Morgan fingerprint density at radius 3 is 1.36 bits per heavy atom. The van der Waals surface area contributed by atoms with Gasteiger partial charge in [0.25, 0.3) is 0 Å². The molecule has 39 heavy (non-hydrogen) atoms. The largest absolute Gasteiger partial charge is 0.416 e. The van der Waals surface area contributed by atoms with Gasteiger partial charge in [0.05, 0.1) is 28.4 Å². The molecule has 2 atom stereocenters. The number of alkyl halides is 12. The fourth-order valence-electron chi connectivity index (χ4n) is 5.01. The van der Waals surface area contributed by atoms with Crippen molar-refractivity contribution in [3.8, 4) is 0 Å². The van der Waals surface area contributed by atoms with Crippen LogP contribution in [0.5, 0.6) is 0 Å². The lowest BCUT2D eigenvalue weighted by atomic mass is 9.77. The molecule has 0 radical (unpaired) electrons. The second-order valence-electron chi connectivity index (χ2n) is 9.76. The molecule has 0 spiro atoms. The van der Waals surface area contributed by atoms with E-state index < -0.39 is 84.4 Å². The van der Waals surface area contributed by atoms with E-state index in [4.69, 9.17) is 8.85 Å². The molecule has 2 heterocycles. The van der Waals surface area contributed by atoms with Gasteiger partial charge in [0.15, 0.2) is 0 Å². The number of nitrogens with one attached hydrogen (secondary N) is 1. The van der Waals surface area contributed by atoms with Crippen LogP contribution in [0.3, 0.4) is 0 Å². The molecule has 2 fully saturated rings. The van der Waals surface area contributed by atoms with Crippen molar-refractivity contribution < 1.29 is 61.5 Å². The fraction of sp³-hybridized carbons (Fsp3) is 0.478. The van der Waals surface area contributed by atoms with Gasteiger partial charge in [0.1, 0.15) is 5.60 Å². The van der Waals surface area contributed by atoms with Gasteiger partial charge in [-0.15, -0.1) is 0 Å². The Bertz CT molecular complexity index is 1110. The van der Waals surface area contributed by atoms with E-state index >= 15 is 0 Å². The number of benzene rings is 2. The number of rotatable bonds is 2. The zero-order chi connectivity index (χ0) is 29.4. The molecular formula is C23H19F12NO2Si.